The van der Waals surface area contributed by atoms with Crippen LogP contribution in [0.4, 0.5) is 46.3 Å². The molecule has 66 heavy (non-hydrogen) atoms. The SMILES string of the molecule is C1CCNCC1.Nc1ccc(N2CCCCC2)nc1N.Nc1nc(N2CCCCC2)ccc1[N+](=O)[O-].c1nc2nc(N3CCCCC3)ccc2[nH]1.c1nc2nc(N3CCNCC3)ccc2[nH]1. The molecule has 0 aromatic carbocycles. The Kier molecular flexibility index (Phi) is 17.7. The standard InChI is InChI=1S/C11H14N4.C10H13N5.C10H14N4O2.C10H16N4.C5H11N/c1-2-6-15(7-3-1)10-5-4-9-11(14-10)13-8-12-9;1-2-9(15-5-3-11-4-6-15)14-10-8(1)12-7-13-10;11-10-8(14(15)16)4-5-9(12-10)13-6-2-1-3-7-13;11-8-4-5-9(13-10(8)12)14-6-2-1-3-7-14;1-2-4-6-5-3-1/h4-5,8H,1-3,6-7H2,(H,12,13,14);1-2,7,11H,3-6H2,(H,12,13,14);4-5H,1-3,6-7H2,(H2,11,12);4-5H,1-3,6-7,11H2,(H2,12,13);6H,1-5H2. The van der Waals surface area contributed by atoms with Crippen molar-refractivity contribution < 1.29 is 4.92 Å². The number of pyridine rings is 4. The van der Waals surface area contributed by atoms with Gasteiger partial charge in [-0.1, -0.05) is 6.42 Å². The molecule has 5 aliphatic rings. The number of nitrogens with one attached hydrogen (secondary N) is 4. The molecule has 5 fully saturated rings. The number of fused-ring (bicyclic) bond motifs is 2. The summed E-state index contributed by atoms with van der Waals surface area (Å²) in [6.45, 7) is 12.9. The van der Waals surface area contributed by atoms with E-state index in [-0.39, 0.29) is 11.5 Å². The third-order valence-corrected chi connectivity index (χ3v) is 12.3. The molecule has 20 heteroatoms. The highest BCUT2D eigenvalue weighted by Gasteiger charge is 2.18. The Morgan fingerprint density at radius 1 is 0.455 bits per heavy atom. The summed E-state index contributed by atoms with van der Waals surface area (Å²) in [5.41, 5.74) is 20.9. The van der Waals surface area contributed by atoms with Gasteiger partial charge in [0.1, 0.15) is 29.1 Å². The van der Waals surface area contributed by atoms with Gasteiger partial charge in [0.15, 0.2) is 11.3 Å². The van der Waals surface area contributed by atoms with Gasteiger partial charge in [0, 0.05) is 71.5 Å². The van der Waals surface area contributed by atoms with Crippen molar-refractivity contribution in [2.45, 2.75) is 77.0 Å². The van der Waals surface area contributed by atoms with Crippen LogP contribution in [0.1, 0.15) is 77.0 Å². The van der Waals surface area contributed by atoms with Gasteiger partial charge in [-0.25, -0.2) is 29.9 Å². The van der Waals surface area contributed by atoms with Gasteiger partial charge in [0.05, 0.1) is 34.3 Å². The van der Waals surface area contributed by atoms with Crippen molar-refractivity contribution in [1.29, 1.82) is 0 Å². The molecule has 0 unspecified atom stereocenters. The van der Waals surface area contributed by atoms with Crippen LogP contribution in [0.3, 0.4) is 0 Å². The molecule has 0 spiro atoms. The van der Waals surface area contributed by atoms with E-state index in [9.17, 15) is 10.1 Å². The van der Waals surface area contributed by atoms with E-state index in [2.05, 4.69) is 82.2 Å². The van der Waals surface area contributed by atoms with Crippen molar-refractivity contribution in [3.05, 3.63) is 71.3 Å². The first-order chi connectivity index (χ1) is 32.3. The zero-order valence-corrected chi connectivity index (χ0v) is 38.2. The van der Waals surface area contributed by atoms with Crippen molar-refractivity contribution >= 4 is 68.6 Å². The highest BCUT2D eigenvalue weighted by Crippen LogP contribution is 2.26. The number of nitrogens with two attached hydrogens (primary N) is 3. The third-order valence-electron chi connectivity index (χ3n) is 12.3. The number of nitro groups is 1. The Morgan fingerprint density at radius 3 is 1.26 bits per heavy atom. The molecule has 6 aromatic rings. The van der Waals surface area contributed by atoms with Gasteiger partial charge in [-0.2, -0.15) is 0 Å². The van der Waals surface area contributed by atoms with Gasteiger partial charge in [-0.15, -0.1) is 0 Å². The summed E-state index contributed by atoms with van der Waals surface area (Å²) in [5.74, 6) is 4.21. The molecule has 6 aromatic heterocycles. The van der Waals surface area contributed by atoms with Gasteiger partial charge >= 0.3 is 5.69 Å². The molecule has 0 atom stereocenters. The van der Waals surface area contributed by atoms with Crippen LogP contribution in [-0.2, 0) is 0 Å². The van der Waals surface area contributed by atoms with Crippen LogP contribution in [0.25, 0.3) is 22.3 Å². The fourth-order valence-electron chi connectivity index (χ4n) is 8.48. The fourth-order valence-corrected chi connectivity index (χ4v) is 8.48. The van der Waals surface area contributed by atoms with Crippen LogP contribution in [0.2, 0.25) is 0 Å². The van der Waals surface area contributed by atoms with Crippen LogP contribution in [0, 0.1) is 10.1 Å². The van der Waals surface area contributed by atoms with Crippen LogP contribution >= 0.6 is 0 Å². The lowest BCUT2D eigenvalue weighted by Crippen LogP contribution is -2.43. The smallest absolute Gasteiger partial charge is 0.311 e. The Labute approximate surface area is 386 Å². The number of aromatic nitrogens is 8. The Balaban J connectivity index is 0.000000126. The van der Waals surface area contributed by atoms with E-state index in [1.807, 2.05) is 24.3 Å². The summed E-state index contributed by atoms with van der Waals surface area (Å²) >= 11 is 0. The molecular weight excluding hydrogens is 837 g/mol. The number of H-pyrrole nitrogens is 2. The third kappa shape index (κ3) is 13.7. The maximum atomic E-state index is 10.6. The van der Waals surface area contributed by atoms with E-state index in [1.165, 1.54) is 83.4 Å². The molecular formula is C46H68N18O2. The second-order valence-corrected chi connectivity index (χ2v) is 17.1. The van der Waals surface area contributed by atoms with Crippen molar-refractivity contribution in [1.82, 2.24) is 50.5 Å². The first-order valence-corrected chi connectivity index (χ1v) is 23.8. The van der Waals surface area contributed by atoms with E-state index >= 15 is 0 Å². The fraction of sp³-hybridized carbons (Fsp3) is 0.522. The van der Waals surface area contributed by atoms with Crippen molar-refractivity contribution in [3.8, 4) is 0 Å². The molecule has 5 saturated heterocycles. The topological polar surface area (TPSA) is 267 Å². The summed E-state index contributed by atoms with van der Waals surface area (Å²) in [7, 11) is 0. The number of aromatic amines is 2. The van der Waals surface area contributed by atoms with Gasteiger partial charge in [-0.3, -0.25) is 10.1 Å². The van der Waals surface area contributed by atoms with Crippen LogP contribution < -0.4 is 47.4 Å². The summed E-state index contributed by atoms with van der Waals surface area (Å²) in [5, 5.41) is 17.2. The lowest BCUT2D eigenvalue weighted by atomic mass is 10.1. The highest BCUT2D eigenvalue weighted by atomic mass is 16.6. The normalized spacial score (nSPS) is 17.5. The molecule has 0 bridgehead atoms. The number of imidazole rings is 2. The molecule has 10 N–H and O–H groups in total. The average molecular weight is 905 g/mol. The Hall–Kier alpha value is -6.54. The molecule has 0 saturated carbocycles. The number of hydrogen-bond acceptors (Lipinski definition) is 17. The molecule has 0 amide bonds. The quantitative estimate of drug-likeness (QED) is 0.0787. The number of piperidine rings is 4. The minimum Gasteiger partial charge on any atom is -0.396 e. The van der Waals surface area contributed by atoms with Crippen molar-refractivity contribution in [3.63, 3.8) is 0 Å². The number of nitrogens with zero attached hydrogens (tertiary/aromatic N) is 11. The predicted octanol–water partition coefficient (Wildman–Crippen LogP) is 5.87. The highest BCUT2D eigenvalue weighted by molar-refractivity contribution is 5.73. The molecule has 354 valence electrons. The number of anilines is 7. The Morgan fingerprint density at radius 2 is 0.848 bits per heavy atom. The van der Waals surface area contributed by atoms with Crippen molar-refractivity contribution in [2.24, 2.45) is 0 Å². The van der Waals surface area contributed by atoms with Crippen molar-refractivity contribution in [2.75, 3.05) is 115 Å². The maximum Gasteiger partial charge on any atom is 0.311 e. The summed E-state index contributed by atoms with van der Waals surface area (Å²) < 4.78 is 0. The zero-order valence-electron chi connectivity index (χ0n) is 38.2. The molecule has 11 rings (SSSR count). The van der Waals surface area contributed by atoms with Gasteiger partial charge < -0.3 is 57.4 Å². The average Bonchev–Trinajstić information content (AvgIpc) is 4.07. The lowest BCUT2D eigenvalue weighted by Gasteiger charge is -2.28. The van der Waals surface area contributed by atoms with E-state index in [0.29, 0.717) is 11.5 Å². The van der Waals surface area contributed by atoms with E-state index in [4.69, 9.17) is 17.2 Å². The van der Waals surface area contributed by atoms with E-state index in [0.717, 1.165) is 124 Å². The van der Waals surface area contributed by atoms with Gasteiger partial charge in [0.2, 0.25) is 5.82 Å². The molecule has 0 radical (unpaired) electrons. The maximum absolute atomic E-state index is 10.6. The summed E-state index contributed by atoms with van der Waals surface area (Å²) in [6, 6.07) is 15.1. The number of rotatable bonds is 5. The molecule has 11 heterocycles. The first-order valence-electron chi connectivity index (χ1n) is 23.8. The number of hydrogen-bond donors (Lipinski definition) is 7. The molecule has 0 aliphatic carbocycles. The van der Waals surface area contributed by atoms with E-state index in [1.54, 1.807) is 18.7 Å². The monoisotopic (exact) mass is 905 g/mol. The zero-order chi connectivity index (χ0) is 45.9. The Bertz CT molecular complexity index is 2280. The second-order valence-electron chi connectivity index (χ2n) is 17.1. The molecule has 5 aliphatic heterocycles. The van der Waals surface area contributed by atoms with Crippen LogP contribution in [0.5, 0.6) is 0 Å². The van der Waals surface area contributed by atoms with Crippen LogP contribution in [-0.4, -0.2) is 123 Å². The number of nitrogen functional groups attached to an aromatic ring is 3. The minimum absolute atomic E-state index is 0.00641. The summed E-state index contributed by atoms with van der Waals surface area (Å²) in [6.07, 6.45) is 18.8. The van der Waals surface area contributed by atoms with Gasteiger partial charge in [-0.05, 0) is 126 Å². The number of piperazine rings is 1. The van der Waals surface area contributed by atoms with Gasteiger partial charge in [0.25, 0.3) is 0 Å². The summed E-state index contributed by atoms with van der Waals surface area (Å²) in [4.78, 5) is 50.9. The predicted molar refractivity (Wildman–Crippen MR) is 266 cm³/mol. The van der Waals surface area contributed by atoms with E-state index < -0.39 is 4.92 Å². The second kappa shape index (κ2) is 24.7. The largest absolute Gasteiger partial charge is 0.396 e. The first kappa shape index (κ1) is 47.4. The molecule has 20 nitrogen and oxygen atoms in total. The minimum atomic E-state index is -0.512. The lowest BCUT2D eigenvalue weighted by molar-refractivity contribution is -0.384. The van der Waals surface area contributed by atoms with Crippen LogP contribution in [0.15, 0.2) is 61.2 Å².